The van der Waals surface area contributed by atoms with Crippen LogP contribution in [0.25, 0.3) is 0 Å². The quantitative estimate of drug-likeness (QED) is 0.218. The number of hydrogen-bond donors (Lipinski definition) is 7. The molecule has 4 rings (SSSR count). The average Bonchev–Trinajstić information content (AvgIpc) is 2.92. The Balaban J connectivity index is 1.73. The highest BCUT2D eigenvalue weighted by molar-refractivity contribution is 6.07. The topological polar surface area (TPSA) is 203 Å². The highest BCUT2D eigenvalue weighted by atomic mass is 16.7. The third-order valence-electron chi connectivity index (χ3n) is 7.36. The van der Waals surface area contributed by atoms with Crippen LogP contribution in [0.3, 0.4) is 0 Å². The summed E-state index contributed by atoms with van der Waals surface area (Å²) in [4.78, 5) is 25.2. The number of rotatable bonds is 8. The lowest BCUT2D eigenvalue weighted by Gasteiger charge is -2.38. The van der Waals surface area contributed by atoms with Crippen LogP contribution in [0, 0.1) is 0 Å². The lowest BCUT2D eigenvalue weighted by molar-refractivity contribution is -0.271. The number of benzene rings is 2. The summed E-state index contributed by atoms with van der Waals surface area (Å²) in [5.74, 6) is -4.29. The molecule has 1 saturated heterocycles. The van der Waals surface area contributed by atoms with E-state index >= 15 is 0 Å². The van der Waals surface area contributed by atoms with E-state index in [9.17, 15) is 45.3 Å². The van der Waals surface area contributed by atoms with Gasteiger partial charge in [-0.3, -0.25) is 4.79 Å². The van der Waals surface area contributed by atoms with Gasteiger partial charge in [-0.1, -0.05) is 29.4 Å². The number of ketones is 1. The van der Waals surface area contributed by atoms with Gasteiger partial charge in [0, 0.05) is 17.2 Å². The van der Waals surface area contributed by atoms with Gasteiger partial charge in [0.1, 0.15) is 47.7 Å². The first-order valence-electron chi connectivity index (χ1n) is 13.7. The zero-order valence-corrected chi connectivity index (χ0v) is 24.1. The maximum Gasteiger partial charge on any atom is 0.335 e. The molecule has 0 saturated carbocycles. The summed E-state index contributed by atoms with van der Waals surface area (Å²) in [6.45, 7) is 7.29. The second kappa shape index (κ2) is 12.6. The van der Waals surface area contributed by atoms with Gasteiger partial charge in [-0.2, -0.15) is 0 Å². The van der Waals surface area contributed by atoms with Crippen molar-refractivity contribution in [1.29, 1.82) is 0 Å². The predicted octanol–water partition coefficient (Wildman–Crippen LogP) is 2.45. The summed E-state index contributed by atoms with van der Waals surface area (Å²) in [6, 6.07) is 3.91. The second-order valence-electron chi connectivity index (χ2n) is 11.2. The molecule has 232 valence electrons. The number of carbonyl (C=O) groups excluding carboxylic acids is 1. The number of phenolic OH excluding ortho intramolecular Hbond substituents is 3. The standard InChI is InChI=1S/C31H36O12/c1-13(2)5-7-15-9-16(10-21(34)27(15)42-31-26(38)24(36)25(37)29(43-31)30(39)40)18-12-41-28-17(8-6-14(3)4)19(32)11-20(33)22(28)23(18)35/h5-6,9-11,18,24-26,29,31-34,36-38H,7-8,12H2,1-4H3,(H,39,40). The smallest absolute Gasteiger partial charge is 0.335 e. The summed E-state index contributed by atoms with van der Waals surface area (Å²) < 4.78 is 16.9. The molecule has 2 aromatic carbocycles. The van der Waals surface area contributed by atoms with Crippen LogP contribution in [-0.2, 0) is 22.4 Å². The number of aliphatic hydroxyl groups is 3. The number of aliphatic carboxylic acids is 1. The summed E-state index contributed by atoms with van der Waals surface area (Å²) in [6.07, 6.45) is -5.25. The minimum atomic E-state index is -1.92. The first-order valence-corrected chi connectivity index (χ1v) is 13.7. The fourth-order valence-corrected chi connectivity index (χ4v) is 5.00. The Bertz CT molecular complexity index is 1470. The van der Waals surface area contributed by atoms with Gasteiger partial charge in [0.25, 0.3) is 0 Å². The van der Waals surface area contributed by atoms with Crippen LogP contribution in [0.2, 0.25) is 0 Å². The predicted molar refractivity (Wildman–Crippen MR) is 152 cm³/mol. The normalized spacial score (nSPS) is 24.9. The van der Waals surface area contributed by atoms with Crippen molar-refractivity contribution in [2.24, 2.45) is 0 Å². The van der Waals surface area contributed by atoms with Gasteiger partial charge < -0.3 is 50.0 Å². The van der Waals surface area contributed by atoms with Gasteiger partial charge in [-0.25, -0.2) is 4.79 Å². The van der Waals surface area contributed by atoms with E-state index in [-0.39, 0.29) is 42.3 Å². The fraction of sp³-hybridized carbons (Fsp3) is 0.419. The zero-order chi connectivity index (χ0) is 31.7. The molecule has 12 heteroatoms. The van der Waals surface area contributed by atoms with Crippen molar-refractivity contribution in [2.75, 3.05) is 6.61 Å². The molecule has 6 unspecified atom stereocenters. The third kappa shape index (κ3) is 6.47. The van der Waals surface area contributed by atoms with Gasteiger partial charge in [0.2, 0.25) is 6.29 Å². The Hall–Kier alpha value is -4.10. The number of carboxylic acids is 1. The average molecular weight is 601 g/mol. The number of aromatic hydroxyl groups is 3. The number of phenols is 3. The minimum absolute atomic E-state index is 0.0855. The molecule has 7 N–H and O–H groups in total. The van der Waals surface area contributed by atoms with Crippen molar-refractivity contribution in [3.05, 3.63) is 63.8 Å². The summed E-state index contributed by atoms with van der Waals surface area (Å²) >= 11 is 0. The molecular weight excluding hydrogens is 564 g/mol. The van der Waals surface area contributed by atoms with E-state index < -0.39 is 59.9 Å². The highest BCUT2D eigenvalue weighted by Gasteiger charge is 2.48. The van der Waals surface area contributed by atoms with Crippen molar-refractivity contribution in [2.45, 2.75) is 77.2 Å². The number of allylic oxidation sites excluding steroid dienone is 4. The highest BCUT2D eigenvalue weighted by Crippen LogP contribution is 2.46. The first-order chi connectivity index (χ1) is 20.2. The van der Waals surface area contributed by atoms with Gasteiger partial charge in [-0.15, -0.1) is 0 Å². The van der Waals surface area contributed by atoms with Crippen molar-refractivity contribution in [3.63, 3.8) is 0 Å². The lowest BCUT2D eigenvalue weighted by atomic mass is 9.85. The van der Waals surface area contributed by atoms with Gasteiger partial charge in [-0.05, 0) is 52.2 Å². The monoisotopic (exact) mass is 600 g/mol. The van der Waals surface area contributed by atoms with Gasteiger partial charge in [0.15, 0.2) is 23.4 Å². The Morgan fingerprint density at radius 1 is 0.907 bits per heavy atom. The number of hydrogen-bond acceptors (Lipinski definition) is 11. The van der Waals surface area contributed by atoms with Crippen LogP contribution in [0.1, 0.15) is 60.7 Å². The largest absolute Gasteiger partial charge is 0.507 e. The second-order valence-corrected chi connectivity index (χ2v) is 11.2. The summed E-state index contributed by atoms with van der Waals surface area (Å²) in [5.41, 5.74) is 2.81. The number of carbonyl (C=O) groups is 2. The van der Waals surface area contributed by atoms with Gasteiger partial charge >= 0.3 is 5.97 Å². The Morgan fingerprint density at radius 2 is 1.56 bits per heavy atom. The molecule has 6 atom stereocenters. The molecule has 2 aliphatic heterocycles. The molecule has 2 heterocycles. The van der Waals surface area contributed by atoms with E-state index in [2.05, 4.69) is 0 Å². The molecule has 0 aliphatic carbocycles. The molecule has 2 aliphatic rings. The summed E-state index contributed by atoms with van der Waals surface area (Å²) in [5, 5.41) is 72.1. The SMILES string of the molecule is CC(C)=CCc1cc(C2COc3c(CC=C(C)C)c(O)cc(O)c3C2=O)cc(O)c1OC1OC(C(=O)O)C(O)C(O)C1O. The third-order valence-corrected chi connectivity index (χ3v) is 7.36. The van der Waals surface area contributed by atoms with Crippen LogP contribution in [0.5, 0.6) is 28.7 Å². The van der Waals surface area contributed by atoms with Crippen LogP contribution in [0.15, 0.2) is 41.5 Å². The molecule has 0 spiro atoms. The van der Waals surface area contributed by atoms with Crippen LogP contribution in [-0.4, -0.2) is 84.8 Å². The van der Waals surface area contributed by atoms with E-state index in [1.807, 2.05) is 33.8 Å². The minimum Gasteiger partial charge on any atom is -0.507 e. The number of carboxylic acid groups (broad SMARTS) is 1. The van der Waals surface area contributed by atoms with Crippen LogP contribution < -0.4 is 9.47 Å². The Morgan fingerprint density at radius 3 is 2.19 bits per heavy atom. The number of Topliss-reactive ketones (excluding diaryl/α,β-unsaturated/α-hetero) is 1. The van der Waals surface area contributed by atoms with Crippen molar-refractivity contribution < 1.29 is 59.5 Å². The maximum absolute atomic E-state index is 13.7. The Kier molecular flexibility index (Phi) is 9.35. The van der Waals surface area contributed by atoms with E-state index in [1.165, 1.54) is 6.07 Å². The molecule has 2 aromatic rings. The van der Waals surface area contributed by atoms with Crippen molar-refractivity contribution in [3.8, 4) is 28.7 Å². The number of ether oxygens (including phenoxy) is 3. The van der Waals surface area contributed by atoms with E-state index in [0.29, 0.717) is 16.7 Å². The molecule has 0 radical (unpaired) electrons. The van der Waals surface area contributed by atoms with Gasteiger partial charge in [0.05, 0.1) is 5.92 Å². The molecule has 12 nitrogen and oxygen atoms in total. The molecule has 0 aromatic heterocycles. The first kappa shape index (κ1) is 31.8. The number of aliphatic hydroxyl groups excluding tert-OH is 3. The maximum atomic E-state index is 13.7. The molecular formula is C31H36O12. The summed E-state index contributed by atoms with van der Waals surface area (Å²) in [7, 11) is 0. The molecule has 0 amide bonds. The zero-order valence-electron chi connectivity index (χ0n) is 24.1. The van der Waals surface area contributed by atoms with Crippen molar-refractivity contribution >= 4 is 11.8 Å². The van der Waals surface area contributed by atoms with E-state index in [0.717, 1.165) is 17.2 Å². The molecule has 43 heavy (non-hydrogen) atoms. The van der Waals surface area contributed by atoms with E-state index in [4.69, 9.17) is 14.2 Å². The fourth-order valence-electron chi connectivity index (χ4n) is 5.00. The van der Waals surface area contributed by atoms with Crippen LogP contribution >= 0.6 is 0 Å². The lowest BCUT2D eigenvalue weighted by Crippen LogP contribution is -2.61. The van der Waals surface area contributed by atoms with Crippen LogP contribution in [0.4, 0.5) is 0 Å². The molecule has 1 fully saturated rings. The number of fused-ring (bicyclic) bond motifs is 1. The Labute approximate surface area is 247 Å². The van der Waals surface area contributed by atoms with Crippen molar-refractivity contribution in [1.82, 2.24) is 0 Å². The molecule has 0 bridgehead atoms. The van der Waals surface area contributed by atoms with E-state index in [1.54, 1.807) is 12.1 Å².